The zero-order chi connectivity index (χ0) is 21.9. The number of aliphatic carboxylic acids is 1. The number of aromatic nitrogens is 2. The summed E-state index contributed by atoms with van der Waals surface area (Å²) in [6, 6.07) is 6.71. The van der Waals surface area contributed by atoms with Crippen LogP contribution in [-0.4, -0.2) is 26.6 Å². The smallest absolute Gasteiger partial charge is 0.416 e. The van der Waals surface area contributed by atoms with E-state index in [1.54, 1.807) is 0 Å². The molecular formula is C21H15F3N2O4S. The number of hydrogen-bond donors (Lipinski definition) is 1. The highest BCUT2D eigenvalue weighted by Gasteiger charge is 2.38. The molecule has 3 heterocycles. The van der Waals surface area contributed by atoms with Gasteiger partial charge in [0, 0.05) is 29.0 Å². The van der Waals surface area contributed by atoms with E-state index in [2.05, 4.69) is 5.16 Å². The number of carboxylic acid groups (broad SMARTS) is 1. The number of hydrogen-bond acceptors (Lipinski definition) is 5. The Bertz CT molecular complexity index is 1260. The van der Waals surface area contributed by atoms with Gasteiger partial charge < -0.3 is 9.63 Å². The SMILES string of the molecule is O=C(O)C1CSc2c(C3CC3)c(-c3cc(-c4cccc(C(F)(F)F)c4)no3)cc(=O)n21. The molecule has 1 atom stereocenters. The van der Waals surface area contributed by atoms with Crippen LogP contribution in [0.2, 0.25) is 0 Å². The predicted molar refractivity (Wildman–Crippen MR) is 106 cm³/mol. The van der Waals surface area contributed by atoms with E-state index >= 15 is 0 Å². The molecule has 0 amide bonds. The van der Waals surface area contributed by atoms with Gasteiger partial charge in [0.05, 0.1) is 10.6 Å². The van der Waals surface area contributed by atoms with E-state index in [9.17, 15) is 27.9 Å². The number of pyridine rings is 1. The summed E-state index contributed by atoms with van der Waals surface area (Å²) < 4.78 is 45.9. The maximum Gasteiger partial charge on any atom is 0.416 e. The van der Waals surface area contributed by atoms with Gasteiger partial charge in [-0.2, -0.15) is 13.2 Å². The van der Waals surface area contributed by atoms with Crippen molar-refractivity contribution in [3.8, 4) is 22.6 Å². The number of carboxylic acids is 1. The highest BCUT2D eigenvalue weighted by Crippen LogP contribution is 2.50. The van der Waals surface area contributed by atoms with Gasteiger partial charge >= 0.3 is 12.1 Å². The van der Waals surface area contributed by atoms with Crippen molar-refractivity contribution >= 4 is 17.7 Å². The van der Waals surface area contributed by atoms with Crippen LogP contribution in [0, 0.1) is 0 Å². The molecule has 0 bridgehead atoms. The lowest BCUT2D eigenvalue weighted by molar-refractivity contribution is -0.140. The third-order valence-corrected chi connectivity index (χ3v) is 6.64. The molecule has 31 heavy (non-hydrogen) atoms. The Kier molecular flexibility index (Phi) is 4.51. The normalized spacial score (nSPS) is 18.2. The van der Waals surface area contributed by atoms with Crippen LogP contribution in [0.5, 0.6) is 0 Å². The summed E-state index contributed by atoms with van der Waals surface area (Å²) >= 11 is 1.33. The Morgan fingerprint density at radius 1 is 1.23 bits per heavy atom. The van der Waals surface area contributed by atoms with Crippen molar-refractivity contribution in [2.24, 2.45) is 0 Å². The van der Waals surface area contributed by atoms with Crippen molar-refractivity contribution in [2.75, 3.05) is 5.75 Å². The average Bonchev–Trinajstić information content (AvgIpc) is 3.25. The molecule has 0 saturated heterocycles. The van der Waals surface area contributed by atoms with E-state index in [1.165, 1.54) is 40.6 Å². The third kappa shape index (κ3) is 3.44. The highest BCUT2D eigenvalue weighted by molar-refractivity contribution is 7.99. The number of carbonyl (C=O) groups is 1. The van der Waals surface area contributed by atoms with E-state index in [0.29, 0.717) is 10.6 Å². The zero-order valence-electron chi connectivity index (χ0n) is 15.8. The summed E-state index contributed by atoms with van der Waals surface area (Å²) in [6.07, 6.45) is -2.66. The molecule has 3 aromatic rings. The van der Waals surface area contributed by atoms with Crippen LogP contribution >= 0.6 is 11.8 Å². The van der Waals surface area contributed by atoms with Crippen LogP contribution < -0.4 is 5.56 Å². The third-order valence-electron chi connectivity index (χ3n) is 5.47. The first kappa shape index (κ1) is 19.9. The number of fused-ring (bicyclic) bond motifs is 1. The van der Waals surface area contributed by atoms with Gasteiger partial charge in [0.2, 0.25) is 0 Å². The fourth-order valence-corrected chi connectivity index (χ4v) is 5.23. The van der Waals surface area contributed by atoms with Crippen molar-refractivity contribution in [3.63, 3.8) is 0 Å². The predicted octanol–water partition coefficient (Wildman–Crippen LogP) is 4.80. The van der Waals surface area contributed by atoms with Gasteiger partial charge in [0.25, 0.3) is 5.56 Å². The molecule has 1 aliphatic carbocycles. The maximum absolute atomic E-state index is 13.0. The van der Waals surface area contributed by atoms with Crippen molar-refractivity contribution in [3.05, 3.63) is 57.9 Å². The minimum absolute atomic E-state index is 0.180. The lowest BCUT2D eigenvalue weighted by atomic mass is 10.0. The maximum atomic E-state index is 13.0. The fourth-order valence-electron chi connectivity index (χ4n) is 3.84. The van der Waals surface area contributed by atoms with Crippen molar-refractivity contribution in [2.45, 2.75) is 36.0 Å². The van der Waals surface area contributed by atoms with Gasteiger partial charge in [-0.3, -0.25) is 9.36 Å². The van der Waals surface area contributed by atoms with Crippen molar-refractivity contribution in [1.82, 2.24) is 9.72 Å². The second-order valence-electron chi connectivity index (χ2n) is 7.58. The lowest BCUT2D eigenvalue weighted by Crippen LogP contribution is -2.29. The standard InChI is InChI=1S/C21H15F3N2O4S/c22-21(23,24)12-3-1-2-11(6-12)14-8-16(30-25-14)13-7-17(27)26-15(20(28)29)9-31-19(26)18(13)10-4-5-10/h1-3,6-8,10,15H,4-5,9H2,(H,28,29). The summed E-state index contributed by atoms with van der Waals surface area (Å²) in [5, 5.41) is 14.0. The minimum atomic E-state index is -4.48. The Balaban J connectivity index is 1.60. The monoisotopic (exact) mass is 448 g/mol. The van der Waals surface area contributed by atoms with Crippen LogP contribution in [0.4, 0.5) is 13.2 Å². The number of rotatable bonds is 4. The molecule has 1 fully saturated rings. The number of halogens is 3. The van der Waals surface area contributed by atoms with Crippen LogP contribution in [-0.2, 0) is 11.0 Å². The van der Waals surface area contributed by atoms with E-state index in [0.717, 1.165) is 30.5 Å². The molecule has 160 valence electrons. The van der Waals surface area contributed by atoms with Crippen molar-refractivity contribution in [1.29, 1.82) is 0 Å². The van der Waals surface area contributed by atoms with E-state index in [-0.39, 0.29) is 28.7 Å². The second-order valence-corrected chi connectivity index (χ2v) is 8.59. The molecule has 10 heteroatoms. The van der Waals surface area contributed by atoms with E-state index in [4.69, 9.17) is 4.52 Å². The second kappa shape index (κ2) is 7.01. The van der Waals surface area contributed by atoms with Gasteiger partial charge in [-0.1, -0.05) is 17.3 Å². The Morgan fingerprint density at radius 3 is 2.68 bits per heavy atom. The first-order chi connectivity index (χ1) is 14.7. The van der Waals surface area contributed by atoms with Gasteiger partial charge in [-0.25, -0.2) is 4.79 Å². The van der Waals surface area contributed by atoms with Crippen LogP contribution in [0.15, 0.2) is 50.7 Å². The van der Waals surface area contributed by atoms with Crippen LogP contribution in [0.3, 0.4) is 0 Å². The van der Waals surface area contributed by atoms with Gasteiger partial charge in [-0.15, -0.1) is 11.8 Å². The molecule has 0 radical (unpaired) electrons. The average molecular weight is 448 g/mol. The fraction of sp³-hybridized carbons (Fsp3) is 0.286. The number of benzene rings is 1. The summed E-state index contributed by atoms with van der Waals surface area (Å²) in [7, 11) is 0. The van der Waals surface area contributed by atoms with E-state index < -0.39 is 29.3 Å². The van der Waals surface area contributed by atoms with Gasteiger partial charge in [0.15, 0.2) is 5.76 Å². The number of thioether (sulfide) groups is 1. The Labute approximate surface area is 177 Å². The molecule has 2 aliphatic rings. The summed E-state index contributed by atoms with van der Waals surface area (Å²) in [6.45, 7) is 0. The molecule has 5 rings (SSSR count). The molecule has 2 aromatic heterocycles. The van der Waals surface area contributed by atoms with Crippen LogP contribution in [0.25, 0.3) is 22.6 Å². The molecular weight excluding hydrogens is 433 g/mol. The number of nitrogens with zero attached hydrogens (tertiary/aromatic N) is 2. The van der Waals surface area contributed by atoms with E-state index in [1.807, 2.05) is 0 Å². The first-order valence-corrected chi connectivity index (χ1v) is 10.5. The zero-order valence-corrected chi connectivity index (χ0v) is 16.7. The first-order valence-electron chi connectivity index (χ1n) is 9.54. The summed E-state index contributed by atoms with van der Waals surface area (Å²) in [5.41, 5.74) is 0.586. The summed E-state index contributed by atoms with van der Waals surface area (Å²) in [5.74, 6) is -0.345. The Morgan fingerprint density at radius 2 is 2.00 bits per heavy atom. The van der Waals surface area contributed by atoms with Crippen LogP contribution in [0.1, 0.15) is 35.9 Å². The molecule has 1 N–H and O–H groups in total. The molecule has 6 nitrogen and oxygen atoms in total. The molecule has 1 aromatic carbocycles. The molecule has 1 aliphatic heterocycles. The molecule has 1 unspecified atom stereocenters. The number of alkyl halides is 3. The molecule has 1 saturated carbocycles. The van der Waals surface area contributed by atoms with Gasteiger partial charge in [0.1, 0.15) is 11.7 Å². The highest BCUT2D eigenvalue weighted by atomic mass is 32.2. The minimum Gasteiger partial charge on any atom is -0.480 e. The largest absolute Gasteiger partial charge is 0.480 e. The lowest BCUT2D eigenvalue weighted by Gasteiger charge is -2.14. The Hall–Kier alpha value is -3.01. The topological polar surface area (TPSA) is 85.3 Å². The van der Waals surface area contributed by atoms with Crippen molar-refractivity contribution < 1.29 is 27.6 Å². The van der Waals surface area contributed by atoms with Gasteiger partial charge in [-0.05, 0) is 36.5 Å². The summed E-state index contributed by atoms with van der Waals surface area (Å²) in [4.78, 5) is 24.3. The molecule has 0 spiro atoms. The quantitative estimate of drug-likeness (QED) is 0.617.